The summed E-state index contributed by atoms with van der Waals surface area (Å²) in [7, 11) is 1.66. The smallest absolute Gasteiger partial charge is 0.126 e. The molecular formula is C13H10BrClO. The highest BCUT2D eigenvalue weighted by Crippen LogP contribution is 2.36. The maximum atomic E-state index is 6.00. The van der Waals surface area contributed by atoms with Crippen LogP contribution in [-0.4, -0.2) is 7.11 Å². The Morgan fingerprint density at radius 3 is 2.56 bits per heavy atom. The van der Waals surface area contributed by atoms with E-state index in [-0.39, 0.29) is 0 Å². The van der Waals surface area contributed by atoms with Crippen LogP contribution in [0.5, 0.6) is 5.75 Å². The van der Waals surface area contributed by atoms with Crippen LogP contribution in [0.15, 0.2) is 46.9 Å². The Morgan fingerprint density at radius 2 is 1.81 bits per heavy atom. The van der Waals surface area contributed by atoms with E-state index >= 15 is 0 Å². The van der Waals surface area contributed by atoms with Crippen molar-refractivity contribution in [2.45, 2.75) is 0 Å². The molecule has 0 fully saturated rings. The molecule has 0 atom stereocenters. The average Bonchev–Trinajstić information content (AvgIpc) is 2.32. The minimum Gasteiger partial charge on any atom is -0.496 e. The molecule has 0 aliphatic carbocycles. The minimum atomic E-state index is 0.712. The number of ether oxygens (including phenoxy) is 1. The van der Waals surface area contributed by atoms with E-state index in [1.807, 2.05) is 42.5 Å². The SMILES string of the molecule is COc1ccccc1-c1cc(Cl)ccc1Br. The average molecular weight is 298 g/mol. The molecule has 0 aliphatic heterocycles. The van der Waals surface area contributed by atoms with E-state index in [1.54, 1.807) is 7.11 Å². The lowest BCUT2D eigenvalue weighted by Gasteiger charge is -2.10. The van der Waals surface area contributed by atoms with E-state index in [1.165, 1.54) is 0 Å². The van der Waals surface area contributed by atoms with Gasteiger partial charge in [-0.1, -0.05) is 45.7 Å². The molecule has 0 spiro atoms. The van der Waals surface area contributed by atoms with Crippen LogP contribution in [-0.2, 0) is 0 Å². The Kier molecular flexibility index (Phi) is 3.52. The van der Waals surface area contributed by atoms with Crippen LogP contribution in [0.3, 0.4) is 0 Å². The van der Waals surface area contributed by atoms with Gasteiger partial charge in [0.25, 0.3) is 0 Å². The van der Waals surface area contributed by atoms with Crippen molar-refractivity contribution in [1.29, 1.82) is 0 Å². The summed E-state index contributed by atoms with van der Waals surface area (Å²) in [6.45, 7) is 0. The van der Waals surface area contributed by atoms with Crippen molar-refractivity contribution in [3.8, 4) is 16.9 Å². The van der Waals surface area contributed by atoms with Gasteiger partial charge < -0.3 is 4.74 Å². The summed E-state index contributed by atoms with van der Waals surface area (Å²) >= 11 is 9.52. The zero-order valence-corrected chi connectivity index (χ0v) is 11.0. The summed E-state index contributed by atoms with van der Waals surface area (Å²) in [5, 5.41) is 0.712. The number of benzene rings is 2. The highest BCUT2D eigenvalue weighted by molar-refractivity contribution is 9.10. The van der Waals surface area contributed by atoms with Gasteiger partial charge in [-0.05, 0) is 24.3 Å². The zero-order valence-electron chi connectivity index (χ0n) is 8.71. The van der Waals surface area contributed by atoms with Crippen molar-refractivity contribution in [2.24, 2.45) is 0 Å². The number of hydrogen-bond acceptors (Lipinski definition) is 1. The number of methoxy groups -OCH3 is 1. The minimum absolute atomic E-state index is 0.712. The van der Waals surface area contributed by atoms with E-state index in [0.717, 1.165) is 21.3 Å². The number of hydrogen-bond donors (Lipinski definition) is 0. The first-order valence-corrected chi connectivity index (χ1v) is 5.98. The van der Waals surface area contributed by atoms with Gasteiger partial charge in [-0.25, -0.2) is 0 Å². The molecule has 0 aliphatic rings. The fraction of sp³-hybridized carbons (Fsp3) is 0.0769. The molecule has 0 radical (unpaired) electrons. The van der Waals surface area contributed by atoms with Crippen molar-refractivity contribution in [3.05, 3.63) is 52.0 Å². The quantitative estimate of drug-likeness (QED) is 0.775. The van der Waals surface area contributed by atoms with E-state index in [0.29, 0.717) is 5.02 Å². The number of halogens is 2. The van der Waals surface area contributed by atoms with Crippen LogP contribution in [0, 0.1) is 0 Å². The standard InChI is InChI=1S/C13H10BrClO/c1-16-13-5-3-2-4-10(13)11-8-9(15)6-7-12(11)14/h2-8H,1H3. The first-order chi connectivity index (χ1) is 7.72. The molecule has 2 aromatic rings. The predicted octanol–water partition coefficient (Wildman–Crippen LogP) is 4.78. The van der Waals surface area contributed by atoms with Gasteiger partial charge >= 0.3 is 0 Å². The third-order valence-electron chi connectivity index (χ3n) is 2.33. The summed E-state index contributed by atoms with van der Waals surface area (Å²) in [6.07, 6.45) is 0. The molecule has 0 aromatic heterocycles. The Morgan fingerprint density at radius 1 is 1.06 bits per heavy atom. The van der Waals surface area contributed by atoms with Crippen LogP contribution in [0.2, 0.25) is 5.02 Å². The van der Waals surface area contributed by atoms with E-state index in [9.17, 15) is 0 Å². The van der Waals surface area contributed by atoms with Gasteiger partial charge in [0.05, 0.1) is 7.11 Å². The van der Waals surface area contributed by atoms with Crippen molar-refractivity contribution >= 4 is 27.5 Å². The van der Waals surface area contributed by atoms with Gasteiger partial charge in [0.1, 0.15) is 5.75 Å². The first kappa shape index (κ1) is 11.5. The molecule has 0 amide bonds. The second kappa shape index (κ2) is 4.89. The van der Waals surface area contributed by atoms with Crippen molar-refractivity contribution in [3.63, 3.8) is 0 Å². The largest absolute Gasteiger partial charge is 0.496 e. The molecule has 2 rings (SSSR count). The van der Waals surface area contributed by atoms with Crippen molar-refractivity contribution in [1.82, 2.24) is 0 Å². The van der Waals surface area contributed by atoms with Gasteiger partial charge in [-0.15, -0.1) is 0 Å². The van der Waals surface area contributed by atoms with Crippen LogP contribution in [0.1, 0.15) is 0 Å². The molecule has 82 valence electrons. The van der Waals surface area contributed by atoms with Crippen LogP contribution in [0.25, 0.3) is 11.1 Å². The molecule has 1 nitrogen and oxygen atoms in total. The predicted molar refractivity (Wildman–Crippen MR) is 71.1 cm³/mol. The van der Waals surface area contributed by atoms with Crippen molar-refractivity contribution < 1.29 is 4.74 Å². The summed E-state index contributed by atoms with van der Waals surface area (Å²) in [5.74, 6) is 0.838. The Balaban J connectivity index is 2.62. The molecule has 3 heteroatoms. The molecule has 0 saturated carbocycles. The lowest BCUT2D eigenvalue weighted by molar-refractivity contribution is 0.416. The molecule has 0 heterocycles. The molecule has 16 heavy (non-hydrogen) atoms. The summed E-state index contributed by atoms with van der Waals surface area (Å²) in [4.78, 5) is 0. The monoisotopic (exact) mass is 296 g/mol. The van der Waals surface area contributed by atoms with Crippen LogP contribution < -0.4 is 4.74 Å². The summed E-state index contributed by atoms with van der Waals surface area (Å²) < 4.78 is 6.33. The van der Waals surface area contributed by atoms with Gasteiger partial charge in [0.2, 0.25) is 0 Å². The van der Waals surface area contributed by atoms with Crippen molar-refractivity contribution in [2.75, 3.05) is 7.11 Å². The highest BCUT2D eigenvalue weighted by atomic mass is 79.9. The molecule has 0 unspecified atom stereocenters. The van der Waals surface area contributed by atoms with Gasteiger partial charge in [0, 0.05) is 20.6 Å². The third kappa shape index (κ3) is 2.23. The second-order valence-electron chi connectivity index (χ2n) is 3.32. The van der Waals surface area contributed by atoms with Gasteiger partial charge in [-0.2, -0.15) is 0 Å². The normalized spacial score (nSPS) is 10.2. The van der Waals surface area contributed by atoms with Gasteiger partial charge in [0.15, 0.2) is 0 Å². The fourth-order valence-electron chi connectivity index (χ4n) is 1.57. The molecule has 0 bridgehead atoms. The van der Waals surface area contributed by atoms with E-state index in [2.05, 4.69) is 15.9 Å². The Bertz CT molecular complexity index is 511. The maximum absolute atomic E-state index is 6.00. The maximum Gasteiger partial charge on any atom is 0.126 e. The van der Waals surface area contributed by atoms with Crippen LogP contribution in [0.4, 0.5) is 0 Å². The highest BCUT2D eigenvalue weighted by Gasteiger charge is 2.08. The third-order valence-corrected chi connectivity index (χ3v) is 3.25. The molecule has 0 saturated heterocycles. The Hall–Kier alpha value is -0.990. The zero-order chi connectivity index (χ0) is 11.5. The Labute approximate surface area is 108 Å². The molecular weight excluding hydrogens is 287 g/mol. The van der Waals surface area contributed by atoms with E-state index < -0.39 is 0 Å². The topological polar surface area (TPSA) is 9.23 Å². The fourth-order valence-corrected chi connectivity index (χ4v) is 2.20. The lowest BCUT2D eigenvalue weighted by atomic mass is 10.0. The second-order valence-corrected chi connectivity index (χ2v) is 4.62. The number of rotatable bonds is 2. The lowest BCUT2D eigenvalue weighted by Crippen LogP contribution is -1.88. The molecule has 2 aromatic carbocycles. The first-order valence-electron chi connectivity index (χ1n) is 4.81. The van der Waals surface area contributed by atoms with E-state index in [4.69, 9.17) is 16.3 Å². The number of para-hydroxylation sites is 1. The molecule has 0 N–H and O–H groups in total. The van der Waals surface area contributed by atoms with Crippen LogP contribution >= 0.6 is 27.5 Å². The summed E-state index contributed by atoms with van der Waals surface area (Å²) in [6, 6.07) is 13.6. The summed E-state index contributed by atoms with van der Waals surface area (Å²) in [5.41, 5.74) is 2.06. The van der Waals surface area contributed by atoms with Gasteiger partial charge in [-0.3, -0.25) is 0 Å².